The van der Waals surface area contributed by atoms with Crippen molar-refractivity contribution in [1.82, 2.24) is 9.66 Å². The van der Waals surface area contributed by atoms with E-state index in [1.54, 1.807) is 32.0 Å². The summed E-state index contributed by atoms with van der Waals surface area (Å²) in [6.45, 7) is 5.63. The van der Waals surface area contributed by atoms with Crippen LogP contribution < -0.4 is 19.8 Å². The third-order valence-electron chi connectivity index (χ3n) is 5.35. The molecule has 0 spiro atoms. The number of hydrogen-bond donors (Lipinski definition) is 0. The lowest BCUT2D eigenvalue weighted by molar-refractivity contribution is -0.150. The number of halogens is 1. The normalized spacial score (nSPS) is 12.1. The lowest BCUT2D eigenvalue weighted by atomic mass is 10.2. The van der Waals surface area contributed by atoms with Crippen LogP contribution in [0.2, 0.25) is 0 Å². The zero-order valence-electron chi connectivity index (χ0n) is 21.0. The molecule has 0 saturated heterocycles. The molecule has 3 rings (SSSR count). The molecule has 0 radical (unpaired) electrons. The average Bonchev–Trinajstić information content (AvgIpc) is 2.87. The third kappa shape index (κ3) is 6.23. The first-order valence-corrected chi connectivity index (χ1v) is 12.5. The van der Waals surface area contributed by atoms with Crippen molar-refractivity contribution in [2.45, 2.75) is 46.1 Å². The molecule has 10 heteroatoms. The molecule has 192 valence electrons. The Morgan fingerprint density at radius 3 is 2.47 bits per heavy atom. The van der Waals surface area contributed by atoms with E-state index in [1.807, 2.05) is 12.1 Å². The van der Waals surface area contributed by atoms with Gasteiger partial charge in [-0.15, -0.1) is 0 Å². The molecule has 36 heavy (non-hydrogen) atoms. The van der Waals surface area contributed by atoms with Gasteiger partial charge in [-0.05, 0) is 50.6 Å². The van der Waals surface area contributed by atoms with Crippen molar-refractivity contribution in [3.8, 4) is 17.2 Å². The van der Waals surface area contributed by atoms with E-state index < -0.39 is 12.1 Å². The van der Waals surface area contributed by atoms with E-state index >= 15 is 0 Å². The van der Waals surface area contributed by atoms with Crippen LogP contribution in [-0.4, -0.2) is 48.8 Å². The van der Waals surface area contributed by atoms with E-state index in [0.717, 1.165) is 17.3 Å². The second-order valence-electron chi connectivity index (χ2n) is 7.92. The summed E-state index contributed by atoms with van der Waals surface area (Å²) in [7, 11) is 2.96. The van der Waals surface area contributed by atoms with Gasteiger partial charge in [-0.25, -0.2) is 9.78 Å². The van der Waals surface area contributed by atoms with E-state index in [1.165, 1.54) is 25.1 Å². The summed E-state index contributed by atoms with van der Waals surface area (Å²) < 4.78 is 23.9. The minimum absolute atomic E-state index is 0.246. The molecule has 0 N–H and O–H groups in total. The molecular weight excluding hydrogens is 530 g/mol. The highest BCUT2D eigenvalue weighted by atomic mass is 79.9. The molecule has 9 nitrogen and oxygen atoms in total. The first-order valence-electron chi connectivity index (χ1n) is 11.7. The van der Waals surface area contributed by atoms with Crippen LogP contribution in [0.5, 0.6) is 17.2 Å². The van der Waals surface area contributed by atoms with Crippen LogP contribution in [0.15, 0.2) is 44.7 Å². The molecule has 0 aliphatic rings. The fraction of sp³-hybridized carbons (Fsp3) is 0.385. The van der Waals surface area contributed by atoms with Gasteiger partial charge in [0, 0.05) is 16.5 Å². The topological polar surface area (TPSA) is 101 Å². The monoisotopic (exact) mass is 559 g/mol. The van der Waals surface area contributed by atoms with Crippen molar-refractivity contribution in [3.63, 3.8) is 0 Å². The standard InChI is InChI=1S/C26H30BrN3O6/c1-6-8-9-23-29-20-11-10-18(27)14-19(20)25(31)30(23)28-15-17-12-21(33-4)24(22(13-17)34-5)36-16(3)26(32)35-7-2/h10-16H,6-9H2,1-5H3/t16-/m1/s1. The highest BCUT2D eigenvalue weighted by molar-refractivity contribution is 9.10. The highest BCUT2D eigenvalue weighted by Crippen LogP contribution is 2.39. The highest BCUT2D eigenvalue weighted by Gasteiger charge is 2.22. The maximum atomic E-state index is 13.3. The summed E-state index contributed by atoms with van der Waals surface area (Å²) in [6, 6.07) is 8.78. The van der Waals surface area contributed by atoms with E-state index in [-0.39, 0.29) is 17.9 Å². The van der Waals surface area contributed by atoms with Gasteiger partial charge in [0.25, 0.3) is 5.56 Å². The summed E-state index contributed by atoms with van der Waals surface area (Å²) in [5, 5.41) is 4.94. The predicted octanol–water partition coefficient (Wildman–Crippen LogP) is 4.73. The Hall–Kier alpha value is -3.40. The second kappa shape index (κ2) is 12.5. The van der Waals surface area contributed by atoms with Crippen molar-refractivity contribution in [1.29, 1.82) is 0 Å². The van der Waals surface area contributed by atoms with Crippen LogP contribution in [0.25, 0.3) is 10.9 Å². The Morgan fingerprint density at radius 1 is 1.17 bits per heavy atom. The molecule has 0 fully saturated rings. The Kier molecular flexibility index (Phi) is 9.46. The number of aryl methyl sites for hydroxylation is 1. The van der Waals surface area contributed by atoms with Crippen molar-refractivity contribution in [2.75, 3.05) is 20.8 Å². The van der Waals surface area contributed by atoms with Crippen LogP contribution >= 0.6 is 15.9 Å². The Bertz CT molecular complexity index is 1300. The molecule has 0 saturated carbocycles. The van der Waals surface area contributed by atoms with Gasteiger partial charge in [-0.1, -0.05) is 29.3 Å². The lowest BCUT2D eigenvalue weighted by Crippen LogP contribution is -2.26. The van der Waals surface area contributed by atoms with Crippen molar-refractivity contribution < 1.29 is 23.7 Å². The number of benzene rings is 2. The lowest BCUT2D eigenvalue weighted by Gasteiger charge is -2.18. The number of carbonyl (C=O) groups is 1. The molecule has 2 aromatic carbocycles. The van der Waals surface area contributed by atoms with Gasteiger partial charge >= 0.3 is 5.97 Å². The van der Waals surface area contributed by atoms with Crippen LogP contribution in [0.3, 0.4) is 0 Å². The first kappa shape index (κ1) is 27.2. The SMILES string of the molecule is CCCCc1nc2ccc(Br)cc2c(=O)n1N=Cc1cc(OC)c(O[C@H](C)C(=O)OCC)c(OC)c1. The molecule has 3 aromatic rings. The number of esters is 1. The molecule has 0 amide bonds. The number of hydrogen-bond acceptors (Lipinski definition) is 8. The van der Waals surface area contributed by atoms with Crippen molar-refractivity contribution in [3.05, 3.63) is 56.5 Å². The minimum Gasteiger partial charge on any atom is -0.493 e. The maximum absolute atomic E-state index is 13.3. The number of ether oxygens (including phenoxy) is 4. The molecular formula is C26H30BrN3O6. The second-order valence-corrected chi connectivity index (χ2v) is 8.84. The zero-order chi connectivity index (χ0) is 26.2. The maximum Gasteiger partial charge on any atom is 0.347 e. The van der Waals surface area contributed by atoms with E-state index in [2.05, 4.69) is 32.9 Å². The Balaban J connectivity index is 2.04. The summed E-state index contributed by atoms with van der Waals surface area (Å²) in [5.41, 5.74) is 0.967. The molecule has 1 heterocycles. The smallest absolute Gasteiger partial charge is 0.347 e. The Labute approximate surface area is 218 Å². The number of rotatable bonds is 11. The van der Waals surface area contributed by atoms with Gasteiger partial charge in [0.1, 0.15) is 5.82 Å². The fourth-order valence-corrected chi connectivity index (χ4v) is 3.87. The van der Waals surface area contributed by atoms with Gasteiger partial charge in [0.15, 0.2) is 17.6 Å². The first-order chi connectivity index (χ1) is 17.3. The largest absolute Gasteiger partial charge is 0.493 e. The van der Waals surface area contributed by atoms with Crippen LogP contribution in [0.4, 0.5) is 0 Å². The van der Waals surface area contributed by atoms with Crippen LogP contribution in [0, 0.1) is 0 Å². The van der Waals surface area contributed by atoms with E-state index in [4.69, 9.17) is 18.9 Å². The molecule has 0 aliphatic heterocycles. The average molecular weight is 560 g/mol. The zero-order valence-corrected chi connectivity index (χ0v) is 22.6. The summed E-state index contributed by atoms with van der Waals surface area (Å²) in [6.07, 6.45) is 3.11. The van der Waals surface area contributed by atoms with E-state index in [0.29, 0.717) is 40.2 Å². The van der Waals surface area contributed by atoms with Gasteiger partial charge in [-0.2, -0.15) is 9.78 Å². The molecule has 1 atom stereocenters. The summed E-state index contributed by atoms with van der Waals surface area (Å²) >= 11 is 3.42. The van der Waals surface area contributed by atoms with Gasteiger partial charge in [-0.3, -0.25) is 4.79 Å². The molecule has 0 unspecified atom stereocenters. The minimum atomic E-state index is -0.866. The number of methoxy groups -OCH3 is 2. The van der Waals surface area contributed by atoms with Gasteiger partial charge in [0.2, 0.25) is 5.75 Å². The fourth-order valence-electron chi connectivity index (χ4n) is 3.51. The molecule has 1 aromatic heterocycles. The van der Waals surface area contributed by atoms with Crippen LogP contribution in [-0.2, 0) is 16.0 Å². The van der Waals surface area contributed by atoms with E-state index in [9.17, 15) is 9.59 Å². The number of unbranched alkanes of at least 4 members (excludes halogenated alkanes) is 1. The Morgan fingerprint density at radius 2 is 1.86 bits per heavy atom. The van der Waals surface area contributed by atoms with Crippen molar-refractivity contribution in [2.24, 2.45) is 5.10 Å². The van der Waals surface area contributed by atoms with Crippen LogP contribution in [0.1, 0.15) is 45.0 Å². The summed E-state index contributed by atoms with van der Waals surface area (Å²) in [5.74, 6) is 1.02. The van der Waals surface area contributed by atoms with Gasteiger partial charge in [0.05, 0.1) is 37.9 Å². The molecule has 0 aliphatic carbocycles. The number of carbonyl (C=O) groups excluding carboxylic acids is 1. The summed E-state index contributed by atoms with van der Waals surface area (Å²) in [4.78, 5) is 30.0. The number of aromatic nitrogens is 2. The third-order valence-corrected chi connectivity index (χ3v) is 5.84. The molecule has 0 bridgehead atoms. The quantitative estimate of drug-likeness (QED) is 0.247. The van der Waals surface area contributed by atoms with Crippen molar-refractivity contribution >= 4 is 39.0 Å². The number of nitrogens with zero attached hydrogens (tertiary/aromatic N) is 3. The number of fused-ring (bicyclic) bond motifs is 1. The van der Waals surface area contributed by atoms with Gasteiger partial charge < -0.3 is 18.9 Å². The predicted molar refractivity (Wildman–Crippen MR) is 142 cm³/mol.